The van der Waals surface area contributed by atoms with E-state index in [-0.39, 0.29) is 0 Å². The molecule has 1 atom stereocenters. The maximum absolute atomic E-state index is 5.66. The fourth-order valence-corrected chi connectivity index (χ4v) is 1.90. The van der Waals surface area contributed by atoms with Crippen LogP contribution in [0.4, 0.5) is 0 Å². The van der Waals surface area contributed by atoms with Crippen molar-refractivity contribution in [3.05, 3.63) is 0 Å². The Morgan fingerprint density at radius 3 is 3.09 bits per heavy atom. The van der Waals surface area contributed by atoms with E-state index in [0.29, 0.717) is 6.04 Å². The largest absolute Gasteiger partial charge is 0.383 e. The zero-order valence-electron chi connectivity index (χ0n) is 7.05. The molecule has 0 aromatic carbocycles. The number of rotatable bonds is 4. The molecule has 0 amide bonds. The molecular weight excluding hydrogens is 162 g/mol. The molecule has 1 heterocycles. The van der Waals surface area contributed by atoms with Gasteiger partial charge in [0.1, 0.15) is 0 Å². The highest BCUT2D eigenvalue weighted by molar-refractivity contribution is 6.18. The standard InChI is InChI=1S/C8H16ClNO/c1-11-7-8-3-2-5-10(8)6-4-9/h8H,2-7H2,1H3/t8-/m1/s1. The second-order valence-electron chi connectivity index (χ2n) is 2.98. The molecule has 66 valence electrons. The van der Waals surface area contributed by atoms with E-state index in [2.05, 4.69) is 4.90 Å². The Labute approximate surface area is 73.5 Å². The molecule has 1 fully saturated rings. The fourth-order valence-electron chi connectivity index (χ4n) is 1.68. The van der Waals surface area contributed by atoms with Crippen LogP contribution in [0.1, 0.15) is 12.8 Å². The second-order valence-corrected chi connectivity index (χ2v) is 3.35. The summed E-state index contributed by atoms with van der Waals surface area (Å²) in [7, 11) is 1.76. The van der Waals surface area contributed by atoms with Crippen LogP contribution in [-0.4, -0.2) is 43.6 Å². The lowest BCUT2D eigenvalue weighted by Crippen LogP contribution is -2.34. The summed E-state index contributed by atoms with van der Waals surface area (Å²) in [4.78, 5) is 2.41. The van der Waals surface area contributed by atoms with Crippen LogP contribution in [0.15, 0.2) is 0 Å². The molecule has 0 aromatic rings. The normalized spacial score (nSPS) is 26.2. The number of nitrogens with zero attached hydrogens (tertiary/aromatic N) is 1. The van der Waals surface area contributed by atoms with Gasteiger partial charge in [0, 0.05) is 25.6 Å². The predicted octanol–water partition coefficient (Wildman–Crippen LogP) is 1.34. The minimum atomic E-state index is 0.624. The quantitative estimate of drug-likeness (QED) is 0.601. The van der Waals surface area contributed by atoms with E-state index in [1.807, 2.05) is 0 Å². The number of hydrogen-bond donors (Lipinski definition) is 0. The Kier molecular flexibility index (Phi) is 4.20. The predicted molar refractivity (Wildman–Crippen MR) is 47.2 cm³/mol. The molecule has 0 aliphatic carbocycles. The van der Waals surface area contributed by atoms with Gasteiger partial charge in [-0.05, 0) is 19.4 Å². The van der Waals surface area contributed by atoms with Crippen LogP contribution in [0.3, 0.4) is 0 Å². The van der Waals surface area contributed by atoms with Crippen LogP contribution in [0, 0.1) is 0 Å². The van der Waals surface area contributed by atoms with E-state index in [4.69, 9.17) is 16.3 Å². The van der Waals surface area contributed by atoms with Crippen molar-refractivity contribution in [1.29, 1.82) is 0 Å². The van der Waals surface area contributed by atoms with Crippen molar-refractivity contribution >= 4 is 11.6 Å². The van der Waals surface area contributed by atoms with Crippen molar-refractivity contribution in [2.75, 3.05) is 32.7 Å². The molecule has 0 spiro atoms. The molecule has 1 aliphatic heterocycles. The average Bonchev–Trinajstić information content (AvgIpc) is 2.39. The highest BCUT2D eigenvalue weighted by Gasteiger charge is 2.22. The third-order valence-electron chi connectivity index (χ3n) is 2.23. The van der Waals surface area contributed by atoms with Crippen LogP contribution in [0.2, 0.25) is 0 Å². The van der Waals surface area contributed by atoms with Crippen LogP contribution < -0.4 is 0 Å². The minimum absolute atomic E-state index is 0.624. The highest BCUT2D eigenvalue weighted by atomic mass is 35.5. The first kappa shape index (κ1) is 9.30. The Balaban J connectivity index is 2.25. The smallest absolute Gasteiger partial charge is 0.0618 e. The maximum Gasteiger partial charge on any atom is 0.0618 e. The van der Waals surface area contributed by atoms with E-state index >= 15 is 0 Å². The molecule has 0 bridgehead atoms. The second kappa shape index (κ2) is 4.96. The number of methoxy groups -OCH3 is 1. The minimum Gasteiger partial charge on any atom is -0.383 e. The summed E-state index contributed by atoms with van der Waals surface area (Å²) in [6.45, 7) is 3.06. The molecule has 0 saturated carbocycles. The first-order valence-electron chi connectivity index (χ1n) is 4.17. The lowest BCUT2D eigenvalue weighted by Gasteiger charge is -2.22. The van der Waals surface area contributed by atoms with Crippen molar-refractivity contribution in [2.24, 2.45) is 0 Å². The topological polar surface area (TPSA) is 12.5 Å². The fraction of sp³-hybridized carbons (Fsp3) is 1.00. The van der Waals surface area contributed by atoms with Gasteiger partial charge in [-0.15, -0.1) is 11.6 Å². The molecule has 0 N–H and O–H groups in total. The Morgan fingerprint density at radius 2 is 2.45 bits per heavy atom. The van der Waals surface area contributed by atoms with Gasteiger partial charge in [0.25, 0.3) is 0 Å². The van der Waals surface area contributed by atoms with E-state index in [0.717, 1.165) is 19.0 Å². The van der Waals surface area contributed by atoms with Crippen molar-refractivity contribution in [2.45, 2.75) is 18.9 Å². The van der Waals surface area contributed by atoms with Crippen LogP contribution in [-0.2, 0) is 4.74 Å². The van der Waals surface area contributed by atoms with Gasteiger partial charge in [-0.25, -0.2) is 0 Å². The molecule has 3 heteroatoms. The van der Waals surface area contributed by atoms with Crippen LogP contribution >= 0.6 is 11.6 Å². The van der Waals surface area contributed by atoms with Gasteiger partial charge in [-0.1, -0.05) is 0 Å². The Hall–Kier alpha value is 0.210. The maximum atomic E-state index is 5.66. The number of ether oxygens (including phenoxy) is 1. The Morgan fingerprint density at radius 1 is 1.64 bits per heavy atom. The molecule has 1 rings (SSSR count). The summed E-state index contributed by atoms with van der Waals surface area (Å²) < 4.78 is 5.12. The average molecular weight is 178 g/mol. The van der Waals surface area contributed by atoms with E-state index < -0.39 is 0 Å². The van der Waals surface area contributed by atoms with Gasteiger partial charge in [-0.2, -0.15) is 0 Å². The summed E-state index contributed by atoms with van der Waals surface area (Å²) in [6.07, 6.45) is 2.57. The van der Waals surface area contributed by atoms with Gasteiger partial charge in [-0.3, -0.25) is 4.90 Å². The lowest BCUT2D eigenvalue weighted by atomic mass is 10.2. The van der Waals surface area contributed by atoms with E-state index in [1.165, 1.54) is 19.4 Å². The van der Waals surface area contributed by atoms with Gasteiger partial charge in [0.2, 0.25) is 0 Å². The van der Waals surface area contributed by atoms with Crippen LogP contribution in [0.5, 0.6) is 0 Å². The van der Waals surface area contributed by atoms with E-state index in [1.54, 1.807) is 7.11 Å². The first-order valence-corrected chi connectivity index (χ1v) is 4.71. The van der Waals surface area contributed by atoms with Gasteiger partial charge in [0.15, 0.2) is 0 Å². The molecule has 1 saturated heterocycles. The first-order chi connectivity index (χ1) is 5.38. The van der Waals surface area contributed by atoms with Crippen LogP contribution in [0.25, 0.3) is 0 Å². The summed E-state index contributed by atoms with van der Waals surface area (Å²) in [5.41, 5.74) is 0. The summed E-state index contributed by atoms with van der Waals surface area (Å²) in [6, 6.07) is 0.624. The van der Waals surface area contributed by atoms with Crippen molar-refractivity contribution in [3.8, 4) is 0 Å². The van der Waals surface area contributed by atoms with Gasteiger partial charge >= 0.3 is 0 Å². The molecule has 0 radical (unpaired) electrons. The Bertz CT molecular complexity index is 98.3. The van der Waals surface area contributed by atoms with Crippen molar-refractivity contribution in [3.63, 3.8) is 0 Å². The number of alkyl halides is 1. The molecule has 11 heavy (non-hydrogen) atoms. The molecule has 2 nitrogen and oxygen atoms in total. The highest BCUT2D eigenvalue weighted by Crippen LogP contribution is 2.16. The zero-order valence-corrected chi connectivity index (χ0v) is 7.81. The van der Waals surface area contributed by atoms with Gasteiger partial charge < -0.3 is 4.74 Å². The number of halogens is 1. The number of likely N-dealkylation sites (tertiary alicyclic amines) is 1. The molecule has 0 aromatic heterocycles. The SMILES string of the molecule is COC[C@H]1CCCN1CCCl. The summed E-state index contributed by atoms with van der Waals surface area (Å²) in [5, 5.41) is 0. The molecular formula is C8H16ClNO. The molecule has 1 aliphatic rings. The lowest BCUT2D eigenvalue weighted by molar-refractivity contribution is 0.119. The monoisotopic (exact) mass is 177 g/mol. The van der Waals surface area contributed by atoms with Crippen molar-refractivity contribution in [1.82, 2.24) is 4.90 Å². The molecule has 0 unspecified atom stereocenters. The van der Waals surface area contributed by atoms with Gasteiger partial charge in [0.05, 0.1) is 6.61 Å². The zero-order chi connectivity index (χ0) is 8.10. The third kappa shape index (κ3) is 2.62. The summed E-state index contributed by atoms with van der Waals surface area (Å²) >= 11 is 5.66. The number of hydrogen-bond acceptors (Lipinski definition) is 2. The summed E-state index contributed by atoms with van der Waals surface area (Å²) in [5.74, 6) is 0.736. The van der Waals surface area contributed by atoms with E-state index in [9.17, 15) is 0 Å². The van der Waals surface area contributed by atoms with Crippen molar-refractivity contribution < 1.29 is 4.74 Å². The third-order valence-corrected chi connectivity index (χ3v) is 2.40.